The minimum absolute atomic E-state index is 0.205. The van der Waals surface area contributed by atoms with Crippen molar-refractivity contribution in [3.8, 4) is 5.75 Å². The molecule has 1 aromatic rings. The van der Waals surface area contributed by atoms with Gasteiger partial charge in [-0.05, 0) is 50.7 Å². The van der Waals surface area contributed by atoms with E-state index in [0.29, 0.717) is 6.54 Å². The first-order valence-electron chi connectivity index (χ1n) is 4.60. The van der Waals surface area contributed by atoms with Gasteiger partial charge in [-0.1, -0.05) is 0 Å². The number of aliphatic hydroxyl groups is 1. The molecule has 0 fully saturated rings. The number of nitrogens with one attached hydrogen (secondary N) is 1. The predicted molar refractivity (Wildman–Crippen MR) is 78.6 cm³/mol. The highest BCUT2D eigenvalue weighted by atomic mass is 127. The van der Waals surface area contributed by atoms with Crippen LogP contribution in [0, 0.1) is 3.57 Å². The molecule has 0 bridgehead atoms. The Hall–Kier alpha value is 0.280. The molecule has 0 aliphatic rings. The van der Waals surface area contributed by atoms with Gasteiger partial charge in [0, 0.05) is 11.0 Å². The van der Waals surface area contributed by atoms with Crippen LogP contribution in [0.4, 0.5) is 5.69 Å². The first-order valence-corrected chi connectivity index (χ1v) is 7.00. The summed E-state index contributed by atoms with van der Waals surface area (Å²) in [7, 11) is 1.62. The van der Waals surface area contributed by atoms with Crippen molar-refractivity contribution in [2.45, 2.75) is 6.10 Å². The average molecular weight is 420 g/mol. The molecule has 0 saturated heterocycles. The standard InChI is InChI=1S/C10H12BrClINO2/c1-16-10-8(13)3-2-7(11)9(10)14-5-6(15)4-12/h2-3,6,14-15H,4-5H2,1H3. The Labute approximate surface area is 122 Å². The Morgan fingerprint density at radius 3 is 2.88 bits per heavy atom. The SMILES string of the molecule is COc1c(I)ccc(Br)c1NCC(O)CCl. The van der Waals surface area contributed by atoms with Crippen LogP contribution in [0.1, 0.15) is 0 Å². The Morgan fingerprint density at radius 1 is 1.62 bits per heavy atom. The summed E-state index contributed by atoms with van der Waals surface area (Å²) in [6.07, 6.45) is -0.573. The van der Waals surface area contributed by atoms with Gasteiger partial charge in [-0.15, -0.1) is 11.6 Å². The number of hydrogen-bond acceptors (Lipinski definition) is 3. The fraction of sp³-hybridized carbons (Fsp3) is 0.400. The second-order valence-electron chi connectivity index (χ2n) is 3.13. The summed E-state index contributed by atoms with van der Waals surface area (Å²) in [6, 6.07) is 3.88. The van der Waals surface area contributed by atoms with Gasteiger partial charge in [-0.2, -0.15) is 0 Å². The Balaban J connectivity index is 2.89. The first-order chi connectivity index (χ1) is 7.60. The molecule has 3 nitrogen and oxygen atoms in total. The lowest BCUT2D eigenvalue weighted by Crippen LogP contribution is -2.21. The summed E-state index contributed by atoms with van der Waals surface area (Å²) in [5.74, 6) is 0.966. The summed E-state index contributed by atoms with van der Waals surface area (Å²) in [5.41, 5.74) is 0.832. The molecular formula is C10H12BrClINO2. The maximum absolute atomic E-state index is 9.39. The maximum Gasteiger partial charge on any atom is 0.156 e. The van der Waals surface area contributed by atoms with Gasteiger partial charge in [0.2, 0.25) is 0 Å². The van der Waals surface area contributed by atoms with E-state index >= 15 is 0 Å². The lowest BCUT2D eigenvalue weighted by atomic mass is 10.3. The Morgan fingerprint density at radius 2 is 2.31 bits per heavy atom. The molecule has 0 amide bonds. The largest absolute Gasteiger partial charge is 0.493 e. The molecule has 16 heavy (non-hydrogen) atoms. The van der Waals surface area contributed by atoms with Crippen molar-refractivity contribution >= 4 is 55.8 Å². The van der Waals surface area contributed by atoms with Crippen LogP contribution in [0.2, 0.25) is 0 Å². The predicted octanol–water partition coefficient (Wildman–Crippen LogP) is 3.07. The van der Waals surface area contributed by atoms with Crippen LogP contribution in [-0.4, -0.2) is 30.7 Å². The molecule has 1 aromatic carbocycles. The molecule has 90 valence electrons. The van der Waals surface area contributed by atoms with E-state index in [1.807, 2.05) is 12.1 Å². The lowest BCUT2D eigenvalue weighted by molar-refractivity contribution is 0.211. The second kappa shape index (κ2) is 6.88. The van der Waals surface area contributed by atoms with Crippen molar-refractivity contribution in [1.82, 2.24) is 0 Å². The molecule has 6 heteroatoms. The average Bonchev–Trinajstić information content (AvgIpc) is 2.29. The van der Waals surface area contributed by atoms with E-state index in [1.165, 1.54) is 0 Å². The van der Waals surface area contributed by atoms with Gasteiger partial charge in [0.15, 0.2) is 5.75 Å². The number of aliphatic hydroxyl groups excluding tert-OH is 1. The molecule has 0 aliphatic carbocycles. The van der Waals surface area contributed by atoms with Crippen LogP contribution in [-0.2, 0) is 0 Å². The highest BCUT2D eigenvalue weighted by molar-refractivity contribution is 14.1. The molecule has 2 N–H and O–H groups in total. The van der Waals surface area contributed by atoms with E-state index in [9.17, 15) is 5.11 Å². The van der Waals surface area contributed by atoms with E-state index in [0.717, 1.165) is 19.5 Å². The summed E-state index contributed by atoms with van der Waals surface area (Å²) in [4.78, 5) is 0. The minimum Gasteiger partial charge on any atom is -0.493 e. The molecule has 0 spiro atoms. The topological polar surface area (TPSA) is 41.5 Å². The van der Waals surface area contributed by atoms with Gasteiger partial charge in [0.1, 0.15) is 0 Å². The molecule has 0 heterocycles. The zero-order valence-electron chi connectivity index (χ0n) is 8.64. The van der Waals surface area contributed by atoms with Crippen LogP contribution in [0.25, 0.3) is 0 Å². The molecule has 0 saturated carbocycles. The first kappa shape index (κ1) is 14.3. The number of anilines is 1. The van der Waals surface area contributed by atoms with Crippen molar-refractivity contribution in [3.63, 3.8) is 0 Å². The molecule has 0 aromatic heterocycles. The van der Waals surface area contributed by atoms with Crippen molar-refractivity contribution < 1.29 is 9.84 Å². The number of benzene rings is 1. The van der Waals surface area contributed by atoms with Crippen LogP contribution in [0.3, 0.4) is 0 Å². The molecule has 1 unspecified atom stereocenters. The van der Waals surface area contributed by atoms with Crippen LogP contribution < -0.4 is 10.1 Å². The smallest absolute Gasteiger partial charge is 0.156 e. The third-order valence-corrected chi connectivity index (χ3v) is 3.82. The van der Waals surface area contributed by atoms with E-state index in [1.54, 1.807) is 7.11 Å². The zero-order valence-corrected chi connectivity index (χ0v) is 13.1. The molecule has 0 radical (unpaired) electrons. The van der Waals surface area contributed by atoms with E-state index in [2.05, 4.69) is 43.8 Å². The number of methoxy groups -OCH3 is 1. The number of ether oxygens (including phenoxy) is 1. The van der Waals surface area contributed by atoms with E-state index in [-0.39, 0.29) is 5.88 Å². The summed E-state index contributed by atoms with van der Waals surface area (Å²) in [5, 5.41) is 12.5. The molecule has 1 atom stereocenters. The third-order valence-electron chi connectivity index (χ3n) is 1.96. The number of halogens is 3. The second-order valence-corrected chi connectivity index (χ2v) is 5.45. The van der Waals surface area contributed by atoms with Gasteiger partial charge < -0.3 is 15.2 Å². The summed E-state index contributed by atoms with van der Waals surface area (Å²) >= 11 is 11.2. The van der Waals surface area contributed by atoms with Gasteiger partial charge in [0.25, 0.3) is 0 Å². The van der Waals surface area contributed by atoms with Crippen LogP contribution in [0.15, 0.2) is 16.6 Å². The monoisotopic (exact) mass is 419 g/mol. The number of rotatable bonds is 5. The highest BCUT2D eigenvalue weighted by Crippen LogP contribution is 2.36. The van der Waals surface area contributed by atoms with Crippen molar-refractivity contribution in [2.75, 3.05) is 24.9 Å². The quantitative estimate of drug-likeness (QED) is 0.568. The van der Waals surface area contributed by atoms with Crippen molar-refractivity contribution in [1.29, 1.82) is 0 Å². The minimum atomic E-state index is -0.573. The van der Waals surface area contributed by atoms with Gasteiger partial charge in [0.05, 0.1) is 28.4 Å². The number of alkyl halides is 1. The van der Waals surface area contributed by atoms with Crippen molar-refractivity contribution in [2.24, 2.45) is 0 Å². The fourth-order valence-corrected chi connectivity index (χ4v) is 2.40. The van der Waals surface area contributed by atoms with Gasteiger partial charge in [-0.25, -0.2) is 0 Å². The Kier molecular flexibility index (Phi) is 6.17. The molecular weight excluding hydrogens is 408 g/mol. The van der Waals surface area contributed by atoms with Crippen molar-refractivity contribution in [3.05, 3.63) is 20.2 Å². The van der Waals surface area contributed by atoms with Gasteiger partial charge >= 0.3 is 0 Å². The Bertz CT molecular complexity index is 365. The normalized spacial score (nSPS) is 12.3. The van der Waals surface area contributed by atoms with E-state index < -0.39 is 6.10 Å². The molecule has 1 rings (SSSR count). The number of hydrogen-bond donors (Lipinski definition) is 2. The lowest BCUT2D eigenvalue weighted by Gasteiger charge is -2.16. The van der Waals surface area contributed by atoms with Gasteiger partial charge in [-0.3, -0.25) is 0 Å². The highest BCUT2D eigenvalue weighted by Gasteiger charge is 2.12. The van der Waals surface area contributed by atoms with E-state index in [4.69, 9.17) is 16.3 Å². The maximum atomic E-state index is 9.39. The summed E-state index contributed by atoms with van der Waals surface area (Å²) in [6.45, 7) is 0.387. The zero-order chi connectivity index (χ0) is 12.1. The third kappa shape index (κ3) is 3.65. The molecule has 0 aliphatic heterocycles. The van der Waals surface area contributed by atoms with Crippen LogP contribution >= 0.6 is 50.1 Å². The fourth-order valence-electron chi connectivity index (χ4n) is 1.17. The van der Waals surface area contributed by atoms with Crippen LogP contribution in [0.5, 0.6) is 5.75 Å². The summed E-state index contributed by atoms with van der Waals surface area (Å²) < 4.78 is 7.21.